The van der Waals surface area contributed by atoms with E-state index >= 15 is 0 Å². The number of carbonyl (C=O) groups excluding carboxylic acids is 1. The number of nitrogens with one attached hydrogen (secondary N) is 1. The third-order valence-electron chi connectivity index (χ3n) is 3.11. The molecule has 0 saturated heterocycles. The molecule has 6 nitrogen and oxygen atoms in total. The molecule has 7 heteroatoms. The van der Waals surface area contributed by atoms with E-state index in [0.29, 0.717) is 12.0 Å². The average Bonchev–Trinajstić information content (AvgIpc) is 2.47. The van der Waals surface area contributed by atoms with Crippen molar-refractivity contribution < 1.29 is 13.2 Å². The predicted molar refractivity (Wildman–Crippen MR) is 82.7 cm³/mol. The van der Waals surface area contributed by atoms with Gasteiger partial charge in [-0.3, -0.25) is 9.78 Å². The number of nitrogens with two attached hydrogens (primary N) is 1. The number of pyridine rings is 1. The maximum atomic E-state index is 12.1. The normalized spacial score (nSPS) is 12.6. The Kier molecular flexibility index (Phi) is 4.89. The molecule has 0 unspecified atom stereocenters. The molecule has 1 aromatic carbocycles. The fourth-order valence-corrected chi connectivity index (χ4v) is 2.54. The lowest BCUT2D eigenvalue weighted by molar-refractivity contribution is 0.0940. The van der Waals surface area contributed by atoms with Crippen LogP contribution in [0.25, 0.3) is 0 Å². The summed E-state index contributed by atoms with van der Waals surface area (Å²) in [4.78, 5) is 16.0. The van der Waals surface area contributed by atoms with Crippen LogP contribution in [0, 0.1) is 0 Å². The van der Waals surface area contributed by atoms with Crippen LogP contribution < -0.4 is 10.5 Å². The zero-order valence-electron chi connectivity index (χ0n) is 12.1. The van der Waals surface area contributed by atoms with Crippen LogP contribution >= 0.6 is 0 Å². The van der Waals surface area contributed by atoms with Crippen molar-refractivity contribution in [3.8, 4) is 0 Å². The highest BCUT2D eigenvalue weighted by atomic mass is 32.2. The van der Waals surface area contributed by atoms with E-state index in [1.807, 2.05) is 19.1 Å². The lowest BCUT2D eigenvalue weighted by Gasteiger charge is -2.14. The van der Waals surface area contributed by atoms with E-state index < -0.39 is 10.0 Å². The fourth-order valence-electron chi connectivity index (χ4n) is 2.03. The Morgan fingerprint density at radius 2 is 1.77 bits per heavy atom. The molecular formula is C15H17N3O3S. The van der Waals surface area contributed by atoms with Crippen molar-refractivity contribution in [1.29, 1.82) is 0 Å². The number of nitrogens with zero attached hydrogens (tertiary/aromatic N) is 1. The summed E-state index contributed by atoms with van der Waals surface area (Å²) < 4.78 is 22.3. The summed E-state index contributed by atoms with van der Waals surface area (Å²) in [6, 6.07) is 9.23. The van der Waals surface area contributed by atoms with Crippen molar-refractivity contribution in [2.24, 2.45) is 5.14 Å². The van der Waals surface area contributed by atoms with Gasteiger partial charge in [-0.05, 0) is 55.3 Å². The summed E-state index contributed by atoms with van der Waals surface area (Å²) in [6.07, 6.45) is 4.09. The smallest absolute Gasteiger partial charge is 0.251 e. The molecule has 116 valence electrons. The lowest BCUT2D eigenvalue weighted by Crippen LogP contribution is -2.34. The van der Waals surface area contributed by atoms with Gasteiger partial charge in [-0.2, -0.15) is 0 Å². The highest BCUT2D eigenvalue weighted by Crippen LogP contribution is 2.09. The van der Waals surface area contributed by atoms with E-state index in [0.717, 1.165) is 5.56 Å². The van der Waals surface area contributed by atoms with Crippen LogP contribution in [0.2, 0.25) is 0 Å². The number of benzene rings is 1. The van der Waals surface area contributed by atoms with Crippen molar-refractivity contribution in [3.05, 3.63) is 59.9 Å². The van der Waals surface area contributed by atoms with E-state index in [4.69, 9.17) is 5.14 Å². The number of primary sulfonamides is 1. The van der Waals surface area contributed by atoms with Crippen molar-refractivity contribution >= 4 is 15.9 Å². The molecule has 1 heterocycles. The summed E-state index contributed by atoms with van der Waals surface area (Å²) in [5, 5.41) is 7.88. The summed E-state index contributed by atoms with van der Waals surface area (Å²) in [7, 11) is -3.75. The minimum absolute atomic E-state index is 0.0196. The standard InChI is InChI=1S/C15H17N3O3S/c1-11(10-12-6-8-17-9-7-12)18-15(19)13-2-4-14(5-3-13)22(16,20)21/h2-9,11H,10H2,1H3,(H,18,19)(H2,16,20,21)/t11-/m1/s1. The molecule has 0 radical (unpaired) electrons. The molecule has 2 rings (SSSR count). The van der Waals surface area contributed by atoms with Gasteiger partial charge >= 0.3 is 0 Å². The van der Waals surface area contributed by atoms with Crippen molar-refractivity contribution in [2.75, 3.05) is 0 Å². The summed E-state index contributed by atoms with van der Waals surface area (Å²) in [5.74, 6) is -0.262. The first-order chi connectivity index (χ1) is 10.4. The molecule has 22 heavy (non-hydrogen) atoms. The average molecular weight is 319 g/mol. The maximum absolute atomic E-state index is 12.1. The van der Waals surface area contributed by atoms with E-state index in [1.54, 1.807) is 12.4 Å². The van der Waals surface area contributed by atoms with E-state index in [1.165, 1.54) is 24.3 Å². The third-order valence-corrected chi connectivity index (χ3v) is 4.04. The SMILES string of the molecule is C[C@H](Cc1ccncc1)NC(=O)c1ccc(S(N)(=O)=O)cc1. The van der Waals surface area contributed by atoms with Crippen molar-refractivity contribution in [1.82, 2.24) is 10.3 Å². The molecule has 0 saturated carbocycles. The fraction of sp³-hybridized carbons (Fsp3) is 0.200. The highest BCUT2D eigenvalue weighted by molar-refractivity contribution is 7.89. The molecule has 0 aliphatic carbocycles. The van der Waals surface area contributed by atoms with Gasteiger partial charge < -0.3 is 5.32 Å². The largest absolute Gasteiger partial charge is 0.349 e. The molecule has 2 aromatic rings. The van der Waals surface area contributed by atoms with Gasteiger partial charge in [0, 0.05) is 24.0 Å². The first-order valence-corrected chi connectivity index (χ1v) is 8.23. The molecule has 0 bridgehead atoms. The number of carbonyl (C=O) groups is 1. The first kappa shape index (κ1) is 16.1. The van der Waals surface area contributed by atoms with Gasteiger partial charge in [-0.1, -0.05) is 0 Å². The Labute approximate surface area is 129 Å². The predicted octanol–water partition coefficient (Wildman–Crippen LogP) is 1.09. The summed E-state index contributed by atoms with van der Waals surface area (Å²) in [6.45, 7) is 1.90. The molecule has 3 N–H and O–H groups in total. The van der Waals surface area contributed by atoms with Gasteiger partial charge in [-0.25, -0.2) is 13.6 Å². The van der Waals surface area contributed by atoms with Crippen LogP contribution in [0.4, 0.5) is 0 Å². The van der Waals surface area contributed by atoms with Crippen LogP contribution in [0.5, 0.6) is 0 Å². The molecule has 0 aliphatic rings. The maximum Gasteiger partial charge on any atom is 0.251 e. The Morgan fingerprint density at radius 3 is 2.32 bits per heavy atom. The van der Waals surface area contributed by atoms with Crippen molar-refractivity contribution in [3.63, 3.8) is 0 Å². The molecular weight excluding hydrogens is 302 g/mol. The Bertz CT molecular complexity index is 743. The van der Waals surface area contributed by atoms with Gasteiger partial charge in [0.15, 0.2) is 0 Å². The summed E-state index contributed by atoms with van der Waals surface area (Å²) in [5.41, 5.74) is 1.46. The van der Waals surface area contributed by atoms with Gasteiger partial charge in [0.2, 0.25) is 10.0 Å². The van der Waals surface area contributed by atoms with Crippen LogP contribution in [-0.4, -0.2) is 25.4 Å². The minimum atomic E-state index is -3.75. The Balaban J connectivity index is 2.00. The van der Waals surface area contributed by atoms with E-state index in [9.17, 15) is 13.2 Å². The third kappa shape index (κ3) is 4.37. The Morgan fingerprint density at radius 1 is 1.18 bits per heavy atom. The van der Waals surface area contributed by atoms with Crippen LogP contribution in [0.1, 0.15) is 22.8 Å². The lowest BCUT2D eigenvalue weighted by atomic mass is 10.1. The van der Waals surface area contributed by atoms with Gasteiger partial charge in [0.1, 0.15) is 0 Å². The van der Waals surface area contributed by atoms with Crippen LogP contribution in [0.3, 0.4) is 0 Å². The Hall–Kier alpha value is -2.25. The van der Waals surface area contributed by atoms with Crippen LogP contribution in [-0.2, 0) is 16.4 Å². The molecule has 0 aliphatic heterocycles. The number of hydrogen-bond donors (Lipinski definition) is 2. The zero-order valence-corrected chi connectivity index (χ0v) is 12.9. The molecule has 1 aromatic heterocycles. The molecule has 1 amide bonds. The van der Waals surface area contributed by atoms with E-state index in [2.05, 4.69) is 10.3 Å². The zero-order chi connectivity index (χ0) is 16.2. The molecule has 0 fully saturated rings. The first-order valence-electron chi connectivity index (χ1n) is 6.69. The van der Waals surface area contributed by atoms with Crippen LogP contribution in [0.15, 0.2) is 53.7 Å². The highest BCUT2D eigenvalue weighted by Gasteiger charge is 2.12. The minimum Gasteiger partial charge on any atom is -0.349 e. The second-order valence-electron chi connectivity index (χ2n) is 5.00. The quantitative estimate of drug-likeness (QED) is 0.861. The monoisotopic (exact) mass is 319 g/mol. The second kappa shape index (κ2) is 6.67. The number of amides is 1. The van der Waals surface area contributed by atoms with Gasteiger partial charge in [0.05, 0.1) is 4.90 Å². The van der Waals surface area contributed by atoms with Gasteiger partial charge in [0.25, 0.3) is 5.91 Å². The van der Waals surface area contributed by atoms with Gasteiger partial charge in [-0.15, -0.1) is 0 Å². The number of sulfonamides is 1. The molecule has 0 spiro atoms. The summed E-state index contributed by atoms with van der Waals surface area (Å²) >= 11 is 0. The number of hydrogen-bond acceptors (Lipinski definition) is 4. The topological polar surface area (TPSA) is 102 Å². The second-order valence-corrected chi connectivity index (χ2v) is 6.56. The number of aromatic nitrogens is 1. The van der Waals surface area contributed by atoms with Crippen molar-refractivity contribution in [2.45, 2.75) is 24.3 Å². The number of rotatable bonds is 5. The molecule has 1 atom stereocenters. The van der Waals surface area contributed by atoms with E-state index in [-0.39, 0.29) is 16.8 Å².